The van der Waals surface area contributed by atoms with Gasteiger partial charge in [-0.2, -0.15) is 5.10 Å². The summed E-state index contributed by atoms with van der Waals surface area (Å²) in [6, 6.07) is 3.52. The predicted molar refractivity (Wildman–Crippen MR) is 140 cm³/mol. The Morgan fingerprint density at radius 1 is 1.16 bits per heavy atom. The smallest absolute Gasteiger partial charge is 0.407 e. The second kappa shape index (κ2) is 11.6. The highest BCUT2D eigenvalue weighted by molar-refractivity contribution is 7.96. The minimum absolute atomic E-state index is 0.0230. The van der Waals surface area contributed by atoms with Crippen molar-refractivity contribution in [1.82, 2.24) is 20.3 Å². The average Bonchev–Trinajstić information content (AvgIpc) is 3.53. The first kappa shape index (κ1) is 27.0. The Bertz CT molecular complexity index is 1490. The van der Waals surface area contributed by atoms with Crippen molar-refractivity contribution in [3.05, 3.63) is 58.0 Å². The van der Waals surface area contributed by atoms with Crippen LogP contribution in [-0.2, 0) is 32.6 Å². The molecule has 2 heterocycles. The summed E-state index contributed by atoms with van der Waals surface area (Å²) in [6.07, 6.45) is 6.62. The average molecular weight is 546 g/mol. The SMILES string of the molecule is CCOC(=O)NCc1cnn(Cc2cc(OC)c3c(NS(=O)(=O)C4=C(OC)CCC(CC)=C4)noc3c2)c1. The number of ether oxygens (including phenoxy) is 3. The third kappa shape index (κ3) is 5.93. The first-order chi connectivity index (χ1) is 18.3. The number of fused-ring (bicyclic) bond motifs is 1. The number of hydrogen-bond donors (Lipinski definition) is 2. The summed E-state index contributed by atoms with van der Waals surface area (Å²) < 4.78 is 52.1. The Morgan fingerprint density at radius 3 is 2.68 bits per heavy atom. The molecule has 38 heavy (non-hydrogen) atoms. The van der Waals surface area contributed by atoms with E-state index in [0.717, 1.165) is 29.5 Å². The van der Waals surface area contributed by atoms with Crippen molar-refractivity contribution >= 4 is 32.9 Å². The van der Waals surface area contributed by atoms with Crippen molar-refractivity contribution in [3.8, 4) is 5.75 Å². The monoisotopic (exact) mass is 545 g/mol. The number of rotatable bonds is 11. The number of hydrogen-bond acceptors (Lipinski definition) is 9. The quantitative estimate of drug-likeness (QED) is 0.364. The summed E-state index contributed by atoms with van der Waals surface area (Å²) in [5.74, 6) is 0.810. The van der Waals surface area contributed by atoms with Crippen molar-refractivity contribution in [2.45, 2.75) is 46.2 Å². The standard InChI is InChI=1S/C25H31N5O7S/c1-5-16-7-8-19(34-3)22(11-16)38(32,33)29-24-23-20(35-4)9-17(10-21(23)37-28-24)14-30-15-18(13-27-30)12-26-25(31)36-6-2/h9-11,13,15H,5-8,12,14H2,1-4H3,(H,26,31)(H,28,29). The zero-order valence-corrected chi connectivity index (χ0v) is 22.6. The van der Waals surface area contributed by atoms with Gasteiger partial charge in [0, 0.05) is 24.7 Å². The molecule has 4 rings (SSSR count). The van der Waals surface area contributed by atoms with Crippen LogP contribution in [-0.4, -0.2) is 50.3 Å². The van der Waals surface area contributed by atoms with Gasteiger partial charge in [-0.05, 0) is 43.5 Å². The number of nitrogens with zero attached hydrogens (tertiary/aromatic N) is 3. The molecule has 0 fully saturated rings. The van der Waals surface area contributed by atoms with Gasteiger partial charge in [0.25, 0.3) is 10.0 Å². The molecule has 0 saturated carbocycles. The van der Waals surface area contributed by atoms with E-state index in [9.17, 15) is 13.2 Å². The van der Waals surface area contributed by atoms with Crippen molar-refractivity contribution in [3.63, 3.8) is 0 Å². The lowest BCUT2D eigenvalue weighted by atomic mass is 10.0. The zero-order valence-electron chi connectivity index (χ0n) is 21.7. The van der Waals surface area contributed by atoms with Crippen molar-refractivity contribution in [2.75, 3.05) is 25.5 Å². The Morgan fingerprint density at radius 2 is 1.97 bits per heavy atom. The maximum atomic E-state index is 13.3. The van der Waals surface area contributed by atoms with E-state index in [-0.39, 0.29) is 17.3 Å². The van der Waals surface area contributed by atoms with E-state index in [1.165, 1.54) is 14.2 Å². The predicted octanol–water partition coefficient (Wildman–Crippen LogP) is 4.06. The molecule has 0 aliphatic heterocycles. The van der Waals surface area contributed by atoms with E-state index < -0.39 is 16.1 Å². The van der Waals surface area contributed by atoms with Crippen LogP contribution < -0.4 is 14.8 Å². The van der Waals surface area contributed by atoms with Crippen LogP contribution in [0.2, 0.25) is 0 Å². The molecule has 3 aromatic rings. The number of amides is 1. The van der Waals surface area contributed by atoms with Crippen LogP contribution in [0.4, 0.5) is 10.6 Å². The number of aromatic nitrogens is 3. The normalized spacial score (nSPS) is 13.8. The first-order valence-corrected chi connectivity index (χ1v) is 13.6. The van der Waals surface area contributed by atoms with Gasteiger partial charge in [-0.25, -0.2) is 13.2 Å². The molecular weight excluding hydrogens is 514 g/mol. The number of methoxy groups -OCH3 is 2. The molecule has 12 nitrogen and oxygen atoms in total. The zero-order chi connectivity index (χ0) is 27.3. The van der Waals surface area contributed by atoms with Crippen LogP contribution in [0.3, 0.4) is 0 Å². The van der Waals surface area contributed by atoms with Crippen LogP contribution in [0.25, 0.3) is 11.0 Å². The lowest BCUT2D eigenvalue weighted by Gasteiger charge is -2.19. The van der Waals surface area contributed by atoms with Crippen molar-refractivity contribution in [2.24, 2.45) is 0 Å². The van der Waals surface area contributed by atoms with Gasteiger partial charge >= 0.3 is 6.09 Å². The fourth-order valence-electron chi connectivity index (χ4n) is 4.17. The molecule has 0 bridgehead atoms. The lowest BCUT2D eigenvalue weighted by Crippen LogP contribution is -2.23. The molecule has 1 aliphatic carbocycles. The van der Waals surface area contributed by atoms with Gasteiger partial charge < -0.3 is 24.1 Å². The van der Waals surface area contributed by atoms with Crippen LogP contribution in [0.15, 0.2) is 51.4 Å². The molecule has 2 aromatic heterocycles. The number of alkyl carbamates (subject to hydrolysis) is 1. The summed E-state index contributed by atoms with van der Waals surface area (Å²) in [7, 11) is -1.05. The maximum Gasteiger partial charge on any atom is 0.407 e. The van der Waals surface area contributed by atoms with Gasteiger partial charge in [0.2, 0.25) is 0 Å². The minimum atomic E-state index is -4.00. The van der Waals surface area contributed by atoms with E-state index in [0.29, 0.717) is 42.1 Å². The molecular formula is C25H31N5O7S. The van der Waals surface area contributed by atoms with E-state index in [2.05, 4.69) is 20.3 Å². The van der Waals surface area contributed by atoms with Crippen LogP contribution in [0.5, 0.6) is 5.75 Å². The molecule has 0 unspecified atom stereocenters. The van der Waals surface area contributed by atoms with Gasteiger partial charge in [0.05, 0.1) is 33.6 Å². The third-order valence-electron chi connectivity index (χ3n) is 6.07. The summed E-state index contributed by atoms with van der Waals surface area (Å²) in [6.45, 7) is 4.67. The minimum Gasteiger partial charge on any atom is -0.500 e. The van der Waals surface area contributed by atoms with Gasteiger partial charge in [0.1, 0.15) is 21.8 Å². The van der Waals surface area contributed by atoms with Crippen LogP contribution in [0, 0.1) is 0 Å². The third-order valence-corrected chi connectivity index (χ3v) is 7.45. The van der Waals surface area contributed by atoms with Gasteiger partial charge in [-0.3, -0.25) is 9.40 Å². The number of carbonyl (C=O) groups is 1. The topological polar surface area (TPSA) is 147 Å². The maximum absolute atomic E-state index is 13.3. The number of sulfonamides is 1. The van der Waals surface area contributed by atoms with Gasteiger partial charge in [0.15, 0.2) is 11.4 Å². The number of anilines is 1. The van der Waals surface area contributed by atoms with E-state index in [1.807, 2.05) is 6.92 Å². The Labute approximate surface area is 220 Å². The summed E-state index contributed by atoms with van der Waals surface area (Å²) >= 11 is 0. The molecule has 1 amide bonds. The van der Waals surface area contributed by atoms with Crippen LogP contribution >= 0.6 is 0 Å². The van der Waals surface area contributed by atoms with Gasteiger partial charge in [-0.1, -0.05) is 17.7 Å². The Hall–Kier alpha value is -4.00. The highest BCUT2D eigenvalue weighted by Crippen LogP contribution is 2.36. The number of benzene rings is 1. The fraction of sp³-hybridized carbons (Fsp3) is 0.400. The van der Waals surface area contributed by atoms with E-state index >= 15 is 0 Å². The number of nitrogens with one attached hydrogen (secondary N) is 2. The molecule has 13 heteroatoms. The highest BCUT2D eigenvalue weighted by atomic mass is 32.2. The molecule has 204 valence electrons. The lowest BCUT2D eigenvalue weighted by molar-refractivity contribution is 0.151. The molecule has 1 aliphatic rings. The molecule has 1 aromatic carbocycles. The molecule has 0 radical (unpaired) electrons. The Kier molecular flexibility index (Phi) is 8.25. The largest absolute Gasteiger partial charge is 0.500 e. The highest BCUT2D eigenvalue weighted by Gasteiger charge is 2.28. The summed E-state index contributed by atoms with van der Waals surface area (Å²) in [5, 5.41) is 11.4. The molecule has 0 saturated heterocycles. The fourth-order valence-corrected chi connectivity index (χ4v) is 5.48. The Balaban J connectivity index is 1.56. The van der Waals surface area contributed by atoms with Crippen molar-refractivity contribution in [1.29, 1.82) is 0 Å². The van der Waals surface area contributed by atoms with Crippen molar-refractivity contribution < 1.29 is 31.9 Å². The molecule has 0 atom stereocenters. The van der Waals surface area contributed by atoms with E-state index in [1.54, 1.807) is 42.2 Å². The number of allylic oxidation sites excluding steroid dienone is 3. The van der Waals surface area contributed by atoms with Crippen LogP contribution in [0.1, 0.15) is 44.2 Å². The number of carbonyl (C=O) groups excluding carboxylic acids is 1. The van der Waals surface area contributed by atoms with Gasteiger partial charge in [-0.15, -0.1) is 0 Å². The summed E-state index contributed by atoms with van der Waals surface area (Å²) in [5.41, 5.74) is 2.97. The second-order valence-corrected chi connectivity index (χ2v) is 10.2. The second-order valence-electron chi connectivity index (χ2n) is 8.58. The molecule has 0 spiro atoms. The summed E-state index contributed by atoms with van der Waals surface area (Å²) in [4.78, 5) is 11.6. The molecule has 2 N–H and O–H groups in total. The first-order valence-electron chi connectivity index (χ1n) is 12.2. The van der Waals surface area contributed by atoms with E-state index in [4.69, 9.17) is 18.7 Å².